The van der Waals surface area contributed by atoms with Crippen molar-refractivity contribution in [2.75, 3.05) is 6.54 Å². The van der Waals surface area contributed by atoms with Crippen LogP contribution in [0, 0.1) is 0 Å². The first-order chi connectivity index (χ1) is 8.97. The van der Waals surface area contributed by atoms with Gasteiger partial charge in [0.2, 0.25) is 0 Å². The Morgan fingerprint density at radius 1 is 1.42 bits per heavy atom. The first-order valence-corrected chi connectivity index (χ1v) is 7.35. The maximum Gasteiger partial charge on any atom is 0.355 e. The Morgan fingerprint density at radius 3 is 2.58 bits per heavy atom. The molecule has 0 bridgehead atoms. The molecule has 106 valence electrons. The van der Waals surface area contributed by atoms with Crippen molar-refractivity contribution in [2.45, 2.75) is 46.1 Å². The van der Waals surface area contributed by atoms with Gasteiger partial charge in [-0.15, -0.1) is 11.3 Å². The van der Waals surface area contributed by atoms with Gasteiger partial charge in [0.1, 0.15) is 0 Å². The number of thiazole rings is 1. The molecule has 0 unspecified atom stereocenters. The maximum atomic E-state index is 12.3. The highest BCUT2D eigenvalue weighted by molar-refractivity contribution is 7.11. The van der Waals surface area contributed by atoms with Gasteiger partial charge in [-0.05, 0) is 20.3 Å². The third-order valence-corrected chi connectivity index (χ3v) is 3.62. The zero-order chi connectivity index (χ0) is 14.4. The third kappa shape index (κ3) is 4.31. The molecule has 1 aromatic rings. The molecular formula is C13H20N2O3S. The fourth-order valence-corrected chi connectivity index (χ4v) is 2.47. The molecule has 1 amide bonds. The van der Waals surface area contributed by atoms with Crippen LogP contribution in [0.1, 0.15) is 60.3 Å². The standard InChI is InChI=1S/C13H20N2O3S/c1-4-5-6-7-15(9(2)3)12(16)11-14-10(8-19-11)13(17)18/h8-9H,4-7H2,1-3H3,(H,17,18). The van der Waals surface area contributed by atoms with Crippen LogP contribution in [0.3, 0.4) is 0 Å². The second-order valence-corrected chi connectivity index (χ2v) is 5.50. The number of aromatic carboxylic acids is 1. The summed E-state index contributed by atoms with van der Waals surface area (Å²) in [4.78, 5) is 28.7. The highest BCUT2D eigenvalue weighted by Crippen LogP contribution is 2.15. The van der Waals surface area contributed by atoms with Crippen molar-refractivity contribution >= 4 is 23.2 Å². The number of hydrogen-bond acceptors (Lipinski definition) is 4. The van der Waals surface area contributed by atoms with Crippen molar-refractivity contribution in [3.05, 3.63) is 16.1 Å². The molecule has 5 nitrogen and oxygen atoms in total. The molecule has 0 aliphatic rings. The van der Waals surface area contributed by atoms with Gasteiger partial charge in [0.25, 0.3) is 5.91 Å². The Morgan fingerprint density at radius 2 is 2.11 bits per heavy atom. The predicted octanol–water partition coefficient (Wildman–Crippen LogP) is 2.88. The van der Waals surface area contributed by atoms with Gasteiger partial charge in [-0.2, -0.15) is 0 Å². The normalized spacial score (nSPS) is 10.7. The minimum Gasteiger partial charge on any atom is -0.476 e. The second kappa shape index (κ2) is 7.23. The molecule has 19 heavy (non-hydrogen) atoms. The quantitative estimate of drug-likeness (QED) is 0.782. The minimum atomic E-state index is -1.10. The van der Waals surface area contributed by atoms with Gasteiger partial charge in [-0.25, -0.2) is 9.78 Å². The zero-order valence-corrected chi connectivity index (χ0v) is 12.4. The van der Waals surface area contributed by atoms with Gasteiger partial charge < -0.3 is 10.0 Å². The number of nitrogens with zero attached hydrogens (tertiary/aromatic N) is 2. The summed E-state index contributed by atoms with van der Waals surface area (Å²) in [5.41, 5.74) is -0.0642. The molecule has 6 heteroatoms. The molecule has 1 rings (SSSR count). The number of carbonyl (C=O) groups excluding carboxylic acids is 1. The van der Waals surface area contributed by atoms with E-state index in [0.717, 1.165) is 30.6 Å². The van der Waals surface area contributed by atoms with Gasteiger partial charge in [0.15, 0.2) is 10.7 Å². The van der Waals surface area contributed by atoms with Gasteiger partial charge in [0, 0.05) is 18.0 Å². The van der Waals surface area contributed by atoms with E-state index >= 15 is 0 Å². The van der Waals surface area contributed by atoms with Gasteiger partial charge in [-0.3, -0.25) is 4.79 Å². The van der Waals surface area contributed by atoms with E-state index in [4.69, 9.17) is 5.11 Å². The van der Waals surface area contributed by atoms with E-state index in [1.165, 1.54) is 5.38 Å². The fourth-order valence-electron chi connectivity index (χ4n) is 1.72. The minimum absolute atomic E-state index is 0.0642. The van der Waals surface area contributed by atoms with Crippen LogP contribution in [0.15, 0.2) is 5.38 Å². The Bertz CT molecular complexity index is 443. The third-order valence-electron chi connectivity index (χ3n) is 2.79. The summed E-state index contributed by atoms with van der Waals surface area (Å²) >= 11 is 1.09. The van der Waals surface area contributed by atoms with Crippen LogP contribution in [0.25, 0.3) is 0 Å². The van der Waals surface area contributed by atoms with Gasteiger partial charge >= 0.3 is 5.97 Å². The monoisotopic (exact) mass is 284 g/mol. The Balaban J connectivity index is 2.77. The van der Waals surface area contributed by atoms with Crippen molar-refractivity contribution in [1.82, 2.24) is 9.88 Å². The van der Waals surface area contributed by atoms with Gasteiger partial charge in [0.05, 0.1) is 0 Å². The molecule has 0 saturated carbocycles. The lowest BCUT2D eigenvalue weighted by Crippen LogP contribution is -2.37. The number of carboxylic acid groups (broad SMARTS) is 1. The lowest BCUT2D eigenvalue weighted by molar-refractivity contribution is 0.0690. The number of unbranched alkanes of at least 4 members (excludes halogenated alkanes) is 2. The molecule has 1 heterocycles. The smallest absolute Gasteiger partial charge is 0.355 e. The molecule has 0 radical (unpaired) electrons. The van der Waals surface area contributed by atoms with E-state index in [9.17, 15) is 9.59 Å². The molecule has 0 atom stereocenters. The van der Waals surface area contributed by atoms with E-state index < -0.39 is 5.97 Å². The Kier molecular flexibility index (Phi) is 5.95. The average molecular weight is 284 g/mol. The highest BCUT2D eigenvalue weighted by Gasteiger charge is 2.22. The average Bonchev–Trinajstić information content (AvgIpc) is 2.83. The summed E-state index contributed by atoms with van der Waals surface area (Å²) in [6, 6.07) is 0.0848. The Hall–Kier alpha value is -1.43. The zero-order valence-electron chi connectivity index (χ0n) is 11.5. The number of aromatic nitrogens is 1. The van der Waals surface area contributed by atoms with E-state index in [2.05, 4.69) is 11.9 Å². The summed E-state index contributed by atoms with van der Waals surface area (Å²) in [7, 11) is 0. The first kappa shape index (κ1) is 15.6. The predicted molar refractivity (Wildman–Crippen MR) is 74.8 cm³/mol. The summed E-state index contributed by atoms with van der Waals surface area (Å²) in [5.74, 6) is -1.28. The van der Waals surface area contributed by atoms with Crippen LogP contribution < -0.4 is 0 Å². The number of hydrogen-bond donors (Lipinski definition) is 1. The SMILES string of the molecule is CCCCCN(C(=O)c1nc(C(=O)O)cs1)C(C)C. The van der Waals surface area contributed by atoms with E-state index in [1.807, 2.05) is 13.8 Å². The van der Waals surface area contributed by atoms with E-state index in [1.54, 1.807) is 4.90 Å². The second-order valence-electron chi connectivity index (χ2n) is 4.64. The fraction of sp³-hybridized carbons (Fsp3) is 0.615. The van der Waals surface area contributed by atoms with Crippen molar-refractivity contribution < 1.29 is 14.7 Å². The van der Waals surface area contributed by atoms with Crippen LogP contribution in [0.2, 0.25) is 0 Å². The largest absolute Gasteiger partial charge is 0.476 e. The highest BCUT2D eigenvalue weighted by atomic mass is 32.1. The van der Waals surface area contributed by atoms with Crippen molar-refractivity contribution in [3.8, 4) is 0 Å². The van der Waals surface area contributed by atoms with E-state index in [-0.39, 0.29) is 22.7 Å². The summed E-state index contributed by atoms with van der Waals surface area (Å²) < 4.78 is 0. The Labute approximate surface area is 117 Å². The molecule has 1 aromatic heterocycles. The van der Waals surface area contributed by atoms with Crippen LogP contribution in [-0.4, -0.2) is 39.5 Å². The molecule has 0 spiro atoms. The number of carbonyl (C=O) groups is 2. The van der Waals surface area contributed by atoms with Gasteiger partial charge in [-0.1, -0.05) is 19.8 Å². The first-order valence-electron chi connectivity index (χ1n) is 6.47. The topological polar surface area (TPSA) is 70.5 Å². The molecule has 0 aliphatic carbocycles. The van der Waals surface area contributed by atoms with Crippen LogP contribution in [-0.2, 0) is 0 Å². The molecule has 0 saturated heterocycles. The molecule has 0 aliphatic heterocycles. The lowest BCUT2D eigenvalue weighted by Gasteiger charge is -2.25. The summed E-state index contributed by atoms with van der Waals surface area (Å²) in [6.45, 7) is 6.71. The summed E-state index contributed by atoms with van der Waals surface area (Å²) in [6.07, 6.45) is 3.13. The molecule has 0 fully saturated rings. The van der Waals surface area contributed by atoms with E-state index in [0.29, 0.717) is 6.54 Å². The molecular weight excluding hydrogens is 264 g/mol. The van der Waals surface area contributed by atoms with Crippen molar-refractivity contribution in [2.24, 2.45) is 0 Å². The molecule has 1 N–H and O–H groups in total. The number of amides is 1. The maximum absolute atomic E-state index is 12.3. The summed E-state index contributed by atoms with van der Waals surface area (Å²) in [5, 5.41) is 10.5. The van der Waals surface area contributed by atoms with Crippen LogP contribution in [0.5, 0.6) is 0 Å². The molecule has 0 aromatic carbocycles. The van der Waals surface area contributed by atoms with Crippen molar-refractivity contribution in [3.63, 3.8) is 0 Å². The number of carboxylic acids is 1. The van der Waals surface area contributed by atoms with Crippen molar-refractivity contribution in [1.29, 1.82) is 0 Å². The number of rotatable bonds is 7. The van der Waals surface area contributed by atoms with Crippen LogP contribution >= 0.6 is 11.3 Å². The lowest BCUT2D eigenvalue weighted by atomic mass is 10.2. The van der Waals surface area contributed by atoms with Crippen LogP contribution in [0.4, 0.5) is 0 Å².